The summed E-state index contributed by atoms with van der Waals surface area (Å²) in [6.45, 7) is 13.5. The maximum Gasteiger partial charge on any atom is 0.345 e. The molecule has 0 saturated heterocycles. The third-order valence-electron chi connectivity index (χ3n) is 6.72. The average Bonchev–Trinajstić information content (AvgIpc) is 3.24. The molecular weight excluding hydrogens is 468 g/mol. The number of carbonyl (C=O) groups is 1. The summed E-state index contributed by atoms with van der Waals surface area (Å²) in [5.74, 6) is -0.724. The van der Waals surface area contributed by atoms with Gasteiger partial charge in [0.15, 0.2) is 0 Å². The van der Waals surface area contributed by atoms with Crippen LogP contribution >= 0.6 is 0 Å². The predicted molar refractivity (Wildman–Crippen MR) is 147 cm³/mol. The van der Waals surface area contributed by atoms with Crippen LogP contribution in [-0.4, -0.2) is 42.4 Å². The van der Waals surface area contributed by atoms with Gasteiger partial charge in [-0.15, -0.1) is 0 Å². The van der Waals surface area contributed by atoms with Gasteiger partial charge in [-0.3, -0.25) is 0 Å². The summed E-state index contributed by atoms with van der Waals surface area (Å²) in [5.41, 5.74) is -0.496. The highest BCUT2D eigenvalue weighted by atomic mass is 28.4. The van der Waals surface area contributed by atoms with E-state index in [2.05, 4.69) is 74.4 Å². The second-order valence-corrected chi connectivity index (χ2v) is 15.2. The van der Waals surface area contributed by atoms with Gasteiger partial charge >= 0.3 is 5.97 Å². The van der Waals surface area contributed by atoms with Crippen LogP contribution in [0.1, 0.15) is 71.2 Å². The lowest BCUT2D eigenvalue weighted by molar-refractivity contribution is 0.0495. The average molecular weight is 509 g/mol. The molecule has 0 saturated carbocycles. The van der Waals surface area contributed by atoms with Gasteiger partial charge in [0.2, 0.25) is 5.88 Å². The van der Waals surface area contributed by atoms with E-state index >= 15 is 0 Å². The molecule has 3 aromatic rings. The Balaban J connectivity index is 1.86. The van der Waals surface area contributed by atoms with Crippen LogP contribution < -0.4 is 10.4 Å². The predicted octanol–water partition coefficient (Wildman–Crippen LogP) is 5.25. The van der Waals surface area contributed by atoms with Crippen molar-refractivity contribution in [2.45, 2.75) is 71.4 Å². The van der Waals surface area contributed by atoms with E-state index in [0.29, 0.717) is 19.6 Å². The Morgan fingerprint density at radius 2 is 1.50 bits per heavy atom. The normalized spacial score (nSPS) is 12.5. The molecule has 0 aliphatic rings. The number of carbonyl (C=O) groups excluding carboxylic acids is 1. The molecule has 194 valence electrons. The van der Waals surface area contributed by atoms with Gasteiger partial charge in [0, 0.05) is 6.61 Å². The quantitative estimate of drug-likeness (QED) is 0.218. The van der Waals surface area contributed by atoms with Crippen molar-refractivity contribution in [3.05, 3.63) is 72.4 Å². The lowest BCUT2D eigenvalue weighted by atomic mass is 10.0. The maximum absolute atomic E-state index is 12.4. The molecule has 0 aliphatic heterocycles. The van der Waals surface area contributed by atoms with E-state index < -0.39 is 19.8 Å². The molecule has 0 atom stereocenters. The van der Waals surface area contributed by atoms with E-state index in [1.807, 2.05) is 32.9 Å². The number of esters is 1. The third kappa shape index (κ3) is 5.73. The molecule has 7 heteroatoms. The highest BCUT2D eigenvalue weighted by Crippen LogP contribution is 2.37. The lowest BCUT2D eigenvalue weighted by Gasteiger charge is -2.43. The van der Waals surface area contributed by atoms with E-state index in [0.717, 1.165) is 12.8 Å². The number of hydrogen-bond donors (Lipinski definition) is 1. The fourth-order valence-corrected chi connectivity index (χ4v) is 9.20. The van der Waals surface area contributed by atoms with Crippen LogP contribution in [-0.2, 0) is 14.7 Å². The fourth-order valence-electron chi connectivity index (χ4n) is 4.64. The van der Waals surface area contributed by atoms with Crippen LogP contribution in [0.3, 0.4) is 0 Å². The number of aromatic nitrogens is 2. The molecule has 0 aliphatic carbocycles. The Bertz CT molecular complexity index is 1080. The summed E-state index contributed by atoms with van der Waals surface area (Å²) in [6, 6.07) is 21.0. The molecule has 3 rings (SSSR count). The summed E-state index contributed by atoms with van der Waals surface area (Å²) in [6.07, 6.45) is 3.69. The van der Waals surface area contributed by atoms with E-state index in [4.69, 9.17) is 9.16 Å². The standard InChI is InChI=1S/C29H40N2O4Si/c1-7-8-20-34-27(33)25-22-30-31(26(25)32)29(5,6)19-21-35-36(28(2,3)4,23-15-11-9-12-16-23)24-17-13-10-14-18-24/h9-18,22,32H,7-8,19-21H2,1-6H3. The van der Waals surface area contributed by atoms with Crippen LogP contribution in [0.15, 0.2) is 66.9 Å². The van der Waals surface area contributed by atoms with E-state index in [9.17, 15) is 9.90 Å². The van der Waals surface area contributed by atoms with Gasteiger partial charge < -0.3 is 14.3 Å². The molecule has 1 heterocycles. The van der Waals surface area contributed by atoms with Gasteiger partial charge in [-0.25, -0.2) is 9.48 Å². The van der Waals surface area contributed by atoms with Crippen molar-refractivity contribution in [3.63, 3.8) is 0 Å². The van der Waals surface area contributed by atoms with Crippen molar-refractivity contribution in [2.75, 3.05) is 13.2 Å². The van der Waals surface area contributed by atoms with E-state index in [-0.39, 0.29) is 16.5 Å². The first kappa shape index (κ1) is 27.7. The zero-order valence-corrected chi connectivity index (χ0v) is 23.5. The van der Waals surface area contributed by atoms with E-state index in [1.165, 1.54) is 21.3 Å². The van der Waals surface area contributed by atoms with Crippen LogP contribution in [0.2, 0.25) is 5.04 Å². The first-order chi connectivity index (χ1) is 17.0. The number of hydrogen-bond acceptors (Lipinski definition) is 5. The number of benzene rings is 2. The highest BCUT2D eigenvalue weighted by molar-refractivity contribution is 6.99. The monoisotopic (exact) mass is 508 g/mol. The number of nitrogens with zero attached hydrogens (tertiary/aromatic N) is 2. The smallest absolute Gasteiger partial charge is 0.345 e. The van der Waals surface area contributed by atoms with Crippen LogP contribution in [0, 0.1) is 0 Å². The molecular formula is C29H40N2O4Si. The second-order valence-electron chi connectivity index (χ2n) is 10.9. The van der Waals surface area contributed by atoms with Gasteiger partial charge in [-0.05, 0) is 42.1 Å². The Hall–Kier alpha value is -2.90. The first-order valence-electron chi connectivity index (χ1n) is 12.7. The summed E-state index contributed by atoms with van der Waals surface area (Å²) in [7, 11) is -2.66. The Labute approximate surface area is 216 Å². The van der Waals surface area contributed by atoms with Gasteiger partial charge in [-0.1, -0.05) is 94.8 Å². The molecule has 0 fully saturated rings. The molecule has 0 spiro atoms. The minimum absolute atomic E-state index is 0.0899. The summed E-state index contributed by atoms with van der Waals surface area (Å²) >= 11 is 0. The molecule has 0 unspecified atom stereocenters. The number of rotatable bonds is 11. The Morgan fingerprint density at radius 1 is 0.944 bits per heavy atom. The van der Waals surface area contributed by atoms with Crippen molar-refractivity contribution in [1.29, 1.82) is 0 Å². The van der Waals surface area contributed by atoms with Crippen molar-refractivity contribution >= 4 is 24.7 Å². The van der Waals surface area contributed by atoms with Crippen LogP contribution in [0.4, 0.5) is 0 Å². The van der Waals surface area contributed by atoms with Crippen LogP contribution in [0.25, 0.3) is 0 Å². The molecule has 0 amide bonds. The fraction of sp³-hybridized carbons (Fsp3) is 0.448. The molecule has 0 radical (unpaired) electrons. The van der Waals surface area contributed by atoms with E-state index in [1.54, 1.807) is 0 Å². The van der Waals surface area contributed by atoms with Crippen molar-refractivity contribution in [3.8, 4) is 5.88 Å². The second kappa shape index (κ2) is 11.4. The van der Waals surface area contributed by atoms with Gasteiger partial charge in [0.1, 0.15) is 5.56 Å². The third-order valence-corrected chi connectivity index (χ3v) is 11.8. The molecule has 2 aromatic carbocycles. The Kier molecular flexibility index (Phi) is 8.79. The number of aromatic hydroxyl groups is 1. The SMILES string of the molecule is CCCCOC(=O)c1cnn(C(C)(C)CCO[Si](c2ccccc2)(c2ccccc2)C(C)(C)C)c1O. The summed E-state index contributed by atoms with van der Waals surface area (Å²) in [4.78, 5) is 12.4. The maximum atomic E-state index is 12.4. The largest absolute Gasteiger partial charge is 0.493 e. The van der Waals surface area contributed by atoms with Gasteiger partial charge in [-0.2, -0.15) is 5.10 Å². The summed E-state index contributed by atoms with van der Waals surface area (Å²) < 4.78 is 13.8. The molecule has 1 aromatic heterocycles. The van der Waals surface area contributed by atoms with Crippen LogP contribution in [0.5, 0.6) is 5.88 Å². The van der Waals surface area contributed by atoms with Crippen molar-refractivity contribution in [1.82, 2.24) is 9.78 Å². The molecule has 6 nitrogen and oxygen atoms in total. The first-order valence-corrected chi connectivity index (χ1v) is 14.6. The summed E-state index contributed by atoms with van der Waals surface area (Å²) in [5, 5.41) is 17.5. The Morgan fingerprint density at radius 3 is 2.00 bits per heavy atom. The zero-order chi connectivity index (χ0) is 26.4. The highest BCUT2D eigenvalue weighted by Gasteiger charge is 2.50. The van der Waals surface area contributed by atoms with Gasteiger partial charge in [0.25, 0.3) is 8.32 Å². The topological polar surface area (TPSA) is 73.6 Å². The minimum Gasteiger partial charge on any atom is -0.493 e. The van der Waals surface area contributed by atoms with Crippen molar-refractivity contribution in [2.24, 2.45) is 0 Å². The molecule has 1 N–H and O–H groups in total. The van der Waals surface area contributed by atoms with Gasteiger partial charge in [0.05, 0.1) is 18.3 Å². The zero-order valence-electron chi connectivity index (χ0n) is 22.5. The number of unbranched alkanes of at least 4 members (excludes halogenated alkanes) is 1. The molecule has 36 heavy (non-hydrogen) atoms. The van der Waals surface area contributed by atoms with Crippen molar-refractivity contribution < 1.29 is 19.1 Å². The minimum atomic E-state index is -2.66. The molecule has 0 bridgehead atoms. The lowest BCUT2D eigenvalue weighted by Crippen LogP contribution is -2.66. The number of ether oxygens (including phenoxy) is 1.